The number of hydrogen-bond acceptors (Lipinski definition) is 5. The summed E-state index contributed by atoms with van der Waals surface area (Å²) in [4.78, 5) is 28.3. The molecule has 204 valence electrons. The highest BCUT2D eigenvalue weighted by atomic mass is 16.7. The number of fused-ring (bicyclic) bond motifs is 1. The molecular formula is C31H36N4O4. The summed E-state index contributed by atoms with van der Waals surface area (Å²) in [5, 5.41) is 15.3. The largest absolute Gasteiger partial charge is 0.511 e. The van der Waals surface area contributed by atoms with E-state index in [2.05, 4.69) is 35.1 Å². The van der Waals surface area contributed by atoms with Crippen LogP contribution >= 0.6 is 0 Å². The van der Waals surface area contributed by atoms with Crippen LogP contribution in [0.4, 0.5) is 10.5 Å². The van der Waals surface area contributed by atoms with Gasteiger partial charge in [0.25, 0.3) is 0 Å². The lowest BCUT2D eigenvalue weighted by Gasteiger charge is -2.13. The van der Waals surface area contributed by atoms with Crippen molar-refractivity contribution in [3.05, 3.63) is 77.6 Å². The van der Waals surface area contributed by atoms with Crippen molar-refractivity contribution < 1.29 is 19.4 Å². The number of nitrogens with zero attached hydrogens (tertiary/aromatic N) is 2. The number of ether oxygens (including phenoxy) is 1. The number of benzene rings is 3. The van der Waals surface area contributed by atoms with Crippen LogP contribution < -0.4 is 15.4 Å². The van der Waals surface area contributed by atoms with Crippen molar-refractivity contribution in [1.82, 2.24) is 14.9 Å². The topological polar surface area (TPSA) is 105 Å². The van der Waals surface area contributed by atoms with Crippen LogP contribution in [-0.4, -0.2) is 39.8 Å². The fourth-order valence-electron chi connectivity index (χ4n) is 4.64. The zero-order valence-electron chi connectivity index (χ0n) is 22.8. The molecule has 0 radical (unpaired) electrons. The van der Waals surface area contributed by atoms with Crippen molar-refractivity contribution in [2.75, 3.05) is 18.4 Å². The van der Waals surface area contributed by atoms with Gasteiger partial charge in [0.1, 0.15) is 11.6 Å². The molecule has 3 aromatic carbocycles. The summed E-state index contributed by atoms with van der Waals surface area (Å²) < 4.78 is 7.21. The van der Waals surface area contributed by atoms with E-state index >= 15 is 0 Å². The number of hydrogen-bond donors (Lipinski definition) is 3. The Bertz CT molecular complexity index is 1440. The molecule has 8 heteroatoms. The van der Waals surface area contributed by atoms with Crippen LogP contribution in [0.2, 0.25) is 0 Å². The number of aromatic nitrogens is 2. The van der Waals surface area contributed by atoms with Gasteiger partial charge < -0.3 is 25.0 Å². The molecule has 1 amide bonds. The highest BCUT2D eigenvalue weighted by Gasteiger charge is 2.15. The van der Waals surface area contributed by atoms with Crippen LogP contribution in [0.5, 0.6) is 5.75 Å². The second-order valence-electron chi connectivity index (χ2n) is 9.64. The molecule has 0 saturated carbocycles. The molecular weight excluding hydrogens is 492 g/mol. The SMILES string of the molecule is CCCCNC(=O)CNc1cc(C)c2nc(CCC)n(Cc3ccc(-c4ccccc4OC(=O)O)cc3)c2c1. The molecule has 8 nitrogen and oxygen atoms in total. The van der Waals surface area contributed by atoms with Gasteiger partial charge in [-0.15, -0.1) is 0 Å². The third-order valence-corrected chi connectivity index (χ3v) is 6.59. The fraction of sp³-hybridized carbons (Fsp3) is 0.323. The minimum Gasteiger partial charge on any atom is -0.449 e. The molecule has 0 saturated heterocycles. The highest BCUT2D eigenvalue weighted by Crippen LogP contribution is 2.31. The van der Waals surface area contributed by atoms with Gasteiger partial charge in [0.05, 0.1) is 17.6 Å². The Morgan fingerprint density at radius 3 is 2.51 bits per heavy atom. The van der Waals surface area contributed by atoms with Crippen LogP contribution in [0, 0.1) is 6.92 Å². The first-order valence-electron chi connectivity index (χ1n) is 13.5. The Labute approximate surface area is 229 Å². The molecule has 0 atom stereocenters. The molecule has 3 N–H and O–H groups in total. The molecule has 0 aliphatic heterocycles. The molecule has 0 spiro atoms. The lowest BCUT2D eigenvalue weighted by molar-refractivity contribution is -0.119. The molecule has 0 fully saturated rings. The van der Waals surface area contributed by atoms with Crippen LogP contribution in [0.25, 0.3) is 22.2 Å². The molecule has 1 aromatic heterocycles. The normalized spacial score (nSPS) is 10.9. The van der Waals surface area contributed by atoms with Gasteiger partial charge in [0, 0.05) is 30.8 Å². The molecule has 4 rings (SSSR count). The average Bonchev–Trinajstić information content (AvgIpc) is 3.26. The summed E-state index contributed by atoms with van der Waals surface area (Å²) >= 11 is 0. The maximum atomic E-state index is 12.2. The van der Waals surface area contributed by atoms with E-state index in [1.165, 1.54) is 0 Å². The van der Waals surface area contributed by atoms with E-state index in [-0.39, 0.29) is 12.5 Å². The Morgan fingerprint density at radius 2 is 1.79 bits per heavy atom. The molecule has 0 bridgehead atoms. The first kappa shape index (κ1) is 27.7. The maximum Gasteiger partial charge on any atom is 0.511 e. The molecule has 39 heavy (non-hydrogen) atoms. The van der Waals surface area contributed by atoms with Gasteiger partial charge in [-0.25, -0.2) is 9.78 Å². The van der Waals surface area contributed by atoms with Gasteiger partial charge in [0.2, 0.25) is 5.91 Å². The van der Waals surface area contributed by atoms with Gasteiger partial charge in [-0.3, -0.25) is 4.79 Å². The van der Waals surface area contributed by atoms with Gasteiger partial charge >= 0.3 is 6.16 Å². The van der Waals surface area contributed by atoms with Crippen LogP contribution in [-0.2, 0) is 17.8 Å². The number of nitrogens with one attached hydrogen (secondary N) is 2. The monoisotopic (exact) mass is 528 g/mol. The number of amides is 1. The van der Waals surface area contributed by atoms with E-state index in [1.54, 1.807) is 12.1 Å². The van der Waals surface area contributed by atoms with Gasteiger partial charge in [-0.1, -0.05) is 62.7 Å². The summed E-state index contributed by atoms with van der Waals surface area (Å²) in [6.07, 6.45) is 2.51. The van der Waals surface area contributed by atoms with Crippen molar-refractivity contribution in [1.29, 1.82) is 0 Å². The van der Waals surface area contributed by atoms with E-state index in [9.17, 15) is 9.59 Å². The number of anilines is 1. The van der Waals surface area contributed by atoms with Gasteiger partial charge in [-0.2, -0.15) is 0 Å². The van der Waals surface area contributed by atoms with Gasteiger partial charge in [0.15, 0.2) is 0 Å². The van der Waals surface area contributed by atoms with Crippen molar-refractivity contribution >= 4 is 28.8 Å². The van der Waals surface area contributed by atoms with E-state index < -0.39 is 6.16 Å². The number of rotatable bonds is 12. The Morgan fingerprint density at radius 1 is 1.03 bits per heavy atom. The lowest BCUT2D eigenvalue weighted by atomic mass is 10.0. The van der Waals surface area contributed by atoms with E-state index in [1.807, 2.05) is 49.4 Å². The number of para-hydroxylation sites is 1. The molecule has 1 heterocycles. The third-order valence-electron chi connectivity index (χ3n) is 6.59. The minimum atomic E-state index is -1.34. The zero-order chi connectivity index (χ0) is 27.8. The van der Waals surface area contributed by atoms with E-state index in [0.29, 0.717) is 18.8 Å². The molecule has 0 aliphatic rings. The third kappa shape index (κ3) is 6.96. The van der Waals surface area contributed by atoms with Crippen LogP contribution in [0.15, 0.2) is 60.7 Å². The second-order valence-corrected chi connectivity index (χ2v) is 9.64. The summed E-state index contributed by atoms with van der Waals surface area (Å²) in [5.74, 6) is 1.31. The quantitative estimate of drug-likeness (QED) is 0.112. The molecule has 0 unspecified atom stereocenters. The van der Waals surface area contributed by atoms with Gasteiger partial charge in [-0.05, 0) is 54.7 Å². The molecule has 0 aliphatic carbocycles. The molecule has 4 aromatic rings. The smallest absolute Gasteiger partial charge is 0.449 e. The first-order valence-corrected chi connectivity index (χ1v) is 13.5. The highest BCUT2D eigenvalue weighted by molar-refractivity contribution is 5.86. The zero-order valence-corrected chi connectivity index (χ0v) is 22.8. The lowest BCUT2D eigenvalue weighted by Crippen LogP contribution is -2.30. The number of imidazole rings is 1. The number of carboxylic acid groups (broad SMARTS) is 1. The standard InChI is InChI=1S/C31H36N4O4/c1-4-6-16-32-29(36)19-33-24-17-21(3)30-26(18-24)35(28(34-30)9-5-2)20-22-12-14-23(15-13-22)25-10-7-8-11-27(25)39-31(37)38/h7-8,10-15,17-18,33H,4-6,9,16,19-20H2,1-3H3,(H,32,36)(H,37,38). The van der Waals surface area contributed by atoms with Crippen molar-refractivity contribution in [3.8, 4) is 16.9 Å². The first-order chi connectivity index (χ1) is 18.9. The number of carbonyl (C=O) groups excluding carboxylic acids is 1. The minimum absolute atomic E-state index is 0.0169. The summed E-state index contributed by atoms with van der Waals surface area (Å²) in [6, 6.07) is 19.3. The van der Waals surface area contributed by atoms with Crippen molar-refractivity contribution in [2.24, 2.45) is 0 Å². The average molecular weight is 529 g/mol. The second kappa shape index (κ2) is 13.0. The predicted molar refractivity (Wildman–Crippen MR) is 155 cm³/mol. The Balaban J connectivity index is 1.59. The Kier molecular flexibility index (Phi) is 9.20. The van der Waals surface area contributed by atoms with Crippen molar-refractivity contribution in [3.63, 3.8) is 0 Å². The van der Waals surface area contributed by atoms with Crippen LogP contribution in [0.1, 0.15) is 50.1 Å². The maximum absolute atomic E-state index is 12.2. The summed E-state index contributed by atoms with van der Waals surface area (Å²) in [6.45, 7) is 7.85. The number of carbonyl (C=O) groups is 2. The summed E-state index contributed by atoms with van der Waals surface area (Å²) in [5.41, 5.74) is 6.63. The predicted octanol–water partition coefficient (Wildman–Crippen LogP) is 6.40. The van der Waals surface area contributed by atoms with Crippen molar-refractivity contribution in [2.45, 2.75) is 53.0 Å². The Hall–Kier alpha value is -4.33. The van der Waals surface area contributed by atoms with E-state index in [4.69, 9.17) is 14.8 Å². The van der Waals surface area contributed by atoms with E-state index in [0.717, 1.165) is 70.5 Å². The number of aryl methyl sites for hydroxylation is 2. The summed E-state index contributed by atoms with van der Waals surface area (Å²) in [7, 11) is 0. The fourth-order valence-corrected chi connectivity index (χ4v) is 4.64. The van der Waals surface area contributed by atoms with Crippen LogP contribution in [0.3, 0.4) is 0 Å². The number of unbranched alkanes of at least 4 members (excludes halogenated alkanes) is 1.